The Balaban J connectivity index is 1.63. The molecule has 34 heavy (non-hydrogen) atoms. The van der Waals surface area contributed by atoms with Crippen LogP contribution in [0.4, 0.5) is 10.1 Å². The van der Waals surface area contributed by atoms with Crippen molar-refractivity contribution in [1.29, 1.82) is 0 Å². The van der Waals surface area contributed by atoms with E-state index in [1.165, 1.54) is 36.4 Å². The number of carbonyl (C=O) groups excluding carboxylic acids is 2. The molecular weight excluding hydrogens is 459 g/mol. The molecule has 3 aromatic carbocycles. The molecule has 0 aliphatic carbocycles. The van der Waals surface area contributed by atoms with Crippen molar-refractivity contribution in [2.24, 2.45) is 0 Å². The van der Waals surface area contributed by atoms with Crippen molar-refractivity contribution in [3.8, 4) is 5.75 Å². The Morgan fingerprint density at radius 2 is 1.79 bits per heavy atom. The molecule has 1 fully saturated rings. The number of amides is 2. The minimum atomic E-state index is -1.05. The molecule has 3 aromatic rings. The highest BCUT2D eigenvalue weighted by Gasteiger charge is 2.35. The Kier molecular flexibility index (Phi) is 6.46. The molecule has 9 heteroatoms. The van der Waals surface area contributed by atoms with E-state index in [0.29, 0.717) is 16.9 Å². The quantitative estimate of drug-likeness (QED) is 0.318. The summed E-state index contributed by atoms with van der Waals surface area (Å²) < 4.78 is 20.2. The van der Waals surface area contributed by atoms with Gasteiger partial charge in [-0.15, -0.1) is 0 Å². The number of hydrogen-bond donors (Lipinski definition) is 2. The molecule has 1 aliphatic rings. The number of nitrogens with zero attached hydrogens (tertiary/aromatic N) is 1. The number of carbonyl (C=O) groups is 3. The first kappa shape index (κ1) is 22.8. The van der Waals surface area contributed by atoms with E-state index in [1.807, 2.05) is 0 Å². The van der Waals surface area contributed by atoms with Crippen LogP contribution in [-0.2, 0) is 16.2 Å². The fourth-order valence-corrected chi connectivity index (χ4v) is 3.63. The number of ether oxygens (including phenoxy) is 1. The van der Waals surface area contributed by atoms with Gasteiger partial charge in [0.2, 0.25) is 0 Å². The average Bonchev–Trinajstić information content (AvgIpc) is 2.82. The van der Waals surface area contributed by atoms with Gasteiger partial charge in [0.1, 0.15) is 23.7 Å². The number of hydrogen-bond acceptors (Lipinski definition) is 5. The maximum Gasteiger partial charge on any atom is 0.335 e. The van der Waals surface area contributed by atoms with Crippen molar-refractivity contribution in [2.45, 2.75) is 6.61 Å². The summed E-state index contributed by atoms with van der Waals surface area (Å²) in [5.74, 6) is -2.84. The third-order valence-electron chi connectivity index (χ3n) is 4.98. The number of thiocarbonyl (C=S) groups is 1. The Bertz CT molecular complexity index is 1350. The number of anilines is 1. The number of carboxylic acids is 1. The van der Waals surface area contributed by atoms with E-state index in [4.69, 9.17) is 22.1 Å². The molecule has 0 saturated carbocycles. The smallest absolute Gasteiger partial charge is 0.335 e. The van der Waals surface area contributed by atoms with Crippen LogP contribution in [-0.4, -0.2) is 28.0 Å². The van der Waals surface area contributed by atoms with Crippen LogP contribution in [0.25, 0.3) is 6.08 Å². The monoisotopic (exact) mass is 476 g/mol. The molecule has 2 amide bonds. The number of nitrogens with one attached hydrogen (secondary N) is 1. The fraction of sp³-hybridized carbons (Fsp3) is 0.0400. The van der Waals surface area contributed by atoms with Crippen LogP contribution >= 0.6 is 12.2 Å². The highest BCUT2D eigenvalue weighted by molar-refractivity contribution is 7.80. The topological polar surface area (TPSA) is 95.9 Å². The number of aromatic carboxylic acids is 1. The summed E-state index contributed by atoms with van der Waals surface area (Å²) in [5, 5.41) is 11.3. The summed E-state index contributed by atoms with van der Waals surface area (Å²) in [6.45, 7) is 0.0624. The van der Waals surface area contributed by atoms with E-state index < -0.39 is 23.6 Å². The van der Waals surface area contributed by atoms with E-state index in [1.54, 1.807) is 42.5 Å². The van der Waals surface area contributed by atoms with Crippen molar-refractivity contribution in [2.75, 3.05) is 4.90 Å². The van der Waals surface area contributed by atoms with Gasteiger partial charge < -0.3 is 9.84 Å². The largest absolute Gasteiger partial charge is 0.488 e. The first-order chi connectivity index (χ1) is 16.3. The van der Waals surface area contributed by atoms with E-state index in [2.05, 4.69) is 5.32 Å². The highest BCUT2D eigenvalue weighted by Crippen LogP contribution is 2.27. The van der Waals surface area contributed by atoms with Crippen LogP contribution in [0, 0.1) is 5.82 Å². The Morgan fingerprint density at radius 1 is 1.06 bits per heavy atom. The first-order valence-corrected chi connectivity index (χ1v) is 10.5. The second-order valence-corrected chi connectivity index (χ2v) is 7.63. The lowest BCUT2D eigenvalue weighted by atomic mass is 10.1. The van der Waals surface area contributed by atoms with Crippen LogP contribution in [0.15, 0.2) is 78.4 Å². The first-order valence-electron chi connectivity index (χ1n) is 10.0. The number of para-hydroxylation sites is 2. The molecule has 0 atom stereocenters. The van der Waals surface area contributed by atoms with Crippen LogP contribution in [0.5, 0.6) is 5.75 Å². The highest BCUT2D eigenvalue weighted by atomic mass is 32.1. The van der Waals surface area contributed by atoms with E-state index >= 15 is 0 Å². The van der Waals surface area contributed by atoms with Crippen LogP contribution in [0.2, 0.25) is 0 Å². The molecule has 2 N–H and O–H groups in total. The third-order valence-corrected chi connectivity index (χ3v) is 5.27. The van der Waals surface area contributed by atoms with Gasteiger partial charge in [-0.2, -0.15) is 0 Å². The lowest BCUT2D eigenvalue weighted by Crippen LogP contribution is -2.54. The van der Waals surface area contributed by atoms with E-state index in [-0.39, 0.29) is 28.5 Å². The summed E-state index contributed by atoms with van der Waals surface area (Å²) in [7, 11) is 0. The standard InChI is InChI=1S/C25H17FN2O5S/c26-19-9-2-3-10-20(19)28-23(30)18(22(29)27-25(28)34)13-16-7-1-4-11-21(16)33-14-15-6-5-8-17(12-15)24(31)32/h1-13H,14H2,(H,31,32)(H,27,29,34)/b18-13-. The summed E-state index contributed by atoms with van der Waals surface area (Å²) >= 11 is 5.10. The van der Waals surface area contributed by atoms with Gasteiger partial charge in [0.25, 0.3) is 11.8 Å². The molecule has 1 heterocycles. The van der Waals surface area contributed by atoms with Gasteiger partial charge in [-0.05, 0) is 54.2 Å². The zero-order valence-electron chi connectivity index (χ0n) is 17.5. The van der Waals surface area contributed by atoms with Gasteiger partial charge in [-0.25, -0.2) is 14.1 Å². The summed E-state index contributed by atoms with van der Waals surface area (Å²) in [6, 6.07) is 18.6. The van der Waals surface area contributed by atoms with Gasteiger partial charge in [0.15, 0.2) is 5.11 Å². The summed E-state index contributed by atoms with van der Waals surface area (Å²) in [5.41, 5.74) is 0.860. The number of benzene rings is 3. The Labute approximate surface area is 199 Å². The van der Waals surface area contributed by atoms with Crippen molar-refractivity contribution < 1.29 is 28.6 Å². The Hall–Kier alpha value is -4.37. The van der Waals surface area contributed by atoms with Crippen molar-refractivity contribution in [3.63, 3.8) is 0 Å². The van der Waals surface area contributed by atoms with Crippen LogP contribution < -0.4 is 15.0 Å². The predicted molar refractivity (Wildman–Crippen MR) is 127 cm³/mol. The maximum atomic E-state index is 14.3. The van der Waals surface area contributed by atoms with Crippen molar-refractivity contribution in [3.05, 3.63) is 101 Å². The molecule has 7 nitrogen and oxygen atoms in total. The van der Waals surface area contributed by atoms with E-state index in [0.717, 1.165) is 4.90 Å². The minimum Gasteiger partial charge on any atom is -0.488 e. The molecular formula is C25H17FN2O5S. The number of rotatable bonds is 6. The van der Waals surface area contributed by atoms with Gasteiger partial charge in [-0.3, -0.25) is 14.9 Å². The lowest BCUT2D eigenvalue weighted by Gasteiger charge is -2.29. The SMILES string of the molecule is O=C1NC(=S)N(c2ccccc2F)C(=O)/C1=C\c1ccccc1OCc1cccc(C(=O)O)c1. The summed E-state index contributed by atoms with van der Waals surface area (Å²) in [6.07, 6.45) is 1.34. The Morgan fingerprint density at radius 3 is 2.56 bits per heavy atom. The van der Waals surface area contributed by atoms with E-state index in [9.17, 15) is 18.8 Å². The van der Waals surface area contributed by atoms with Crippen LogP contribution in [0.3, 0.4) is 0 Å². The van der Waals surface area contributed by atoms with Gasteiger partial charge in [0, 0.05) is 5.56 Å². The molecule has 0 aromatic heterocycles. The zero-order chi connectivity index (χ0) is 24.2. The predicted octanol–water partition coefficient (Wildman–Crippen LogP) is 3.93. The van der Waals surface area contributed by atoms with Gasteiger partial charge >= 0.3 is 5.97 Å². The molecule has 1 saturated heterocycles. The van der Waals surface area contributed by atoms with Gasteiger partial charge in [-0.1, -0.05) is 42.5 Å². The molecule has 0 unspecified atom stereocenters. The van der Waals surface area contributed by atoms with Gasteiger partial charge in [0.05, 0.1) is 11.3 Å². The second-order valence-electron chi connectivity index (χ2n) is 7.24. The maximum absolute atomic E-state index is 14.3. The molecule has 4 rings (SSSR count). The molecule has 170 valence electrons. The minimum absolute atomic E-state index is 0.0624. The number of halogens is 1. The zero-order valence-corrected chi connectivity index (χ0v) is 18.3. The molecule has 0 bridgehead atoms. The molecule has 0 radical (unpaired) electrons. The fourth-order valence-electron chi connectivity index (χ4n) is 3.35. The van der Waals surface area contributed by atoms with Crippen molar-refractivity contribution in [1.82, 2.24) is 5.32 Å². The lowest BCUT2D eigenvalue weighted by molar-refractivity contribution is -0.122. The van der Waals surface area contributed by atoms with Crippen molar-refractivity contribution >= 4 is 46.9 Å². The third kappa shape index (κ3) is 4.69. The normalized spacial score (nSPS) is 14.8. The molecule has 1 aliphatic heterocycles. The average molecular weight is 476 g/mol. The van der Waals surface area contributed by atoms with Crippen LogP contribution in [0.1, 0.15) is 21.5 Å². The summed E-state index contributed by atoms with van der Waals surface area (Å²) in [4.78, 5) is 37.8. The number of carboxylic acid groups (broad SMARTS) is 1. The molecule has 0 spiro atoms. The second kappa shape index (κ2) is 9.63.